The van der Waals surface area contributed by atoms with Gasteiger partial charge in [-0.15, -0.1) is 0 Å². The summed E-state index contributed by atoms with van der Waals surface area (Å²) in [6.45, 7) is 6.46. The second-order valence-electron chi connectivity index (χ2n) is 4.37. The Balaban J connectivity index is 2.93. The normalized spacial score (nSPS) is 12.1. The van der Waals surface area contributed by atoms with E-state index in [0.717, 1.165) is 23.4 Å². The first-order valence-electron chi connectivity index (χ1n) is 5.98. The van der Waals surface area contributed by atoms with Crippen LogP contribution in [0, 0.1) is 13.8 Å². The van der Waals surface area contributed by atoms with Crippen molar-refractivity contribution in [3.63, 3.8) is 0 Å². The number of hydrogen-bond acceptors (Lipinski definition) is 4. The SMILES string of the molecule is CNCc1cc(C)c(OC(C)C(=O)OC)c(C)c1. The van der Waals surface area contributed by atoms with Crippen molar-refractivity contribution in [1.82, 2.24) is 5.32 Å². The number of rotatable bonds is 5. The molecule has 0 aliphatic heterocycles. The topological polar surface area (TPSA) is 47.6 Å². The van der Waals surface area contributed by atoms with Crippen molar-refractivity contribution in [1.29, 1.82) is 0 Å². The van der Waals surface area contributed by atoms with Gasteiger partial charge in [-0.2, -0.15) is 0 Å². The molecule has 0 bridgehead atoms. The highest BCUT2D eigenvalue weighted by atomic mass is 16.6. The van der Waals surface area contributed by atoms with Crippen molar-refractivity contribution in [2.24, 2.45) is 0 Å². The Morgan fingerprint density at radius 1 is 1.33 bits per heavy atom. The summed E-state index contributed by atoms with van der Waals surface area (Å²) >= 11 is 0. The van der Waals surface area contributed by atoms with E-state index in [9.17, 15) is 4.79 Å². The lowest BCUT2D eigenvalue weighted by Crippen LogP contribution is -2.25. The molecule has 1 aromatic rings. The van der Waals surface area contributed by atoms with Gasteiger partial charge in [0.25, 0.3) is 0 Å². The smallest absolute Gasteiger partial charge is 0.346 e. The van der Waals surface area contributed by atoms with Crippen LogP contribution >= 0.6 is 0 Å². The predicted molar refractivity (Wildman–Crippen MR) is 70.8 cm³/mol. The van der Waals surface area contributed by atoms with Crippen LogP contribution < -0.4 is 10.1 Å². The van der Waals surface area contributed by atoms with Crippen LogP contribution in [0.4, 0.5) is 0 Å². The minimum atomic E-state index is -0.595. The predicted octanol–water partition coefficient (Wildman–Crippen LogP) is 1.96. The van der Waals surface area contributed by atoms with Crippen LogP contribution in [0.1, 0.15) is 23.6 Å². The van der Waals surface area contributed by atoms with Gasteiger partial charge in [0.2, 0.25) is 0 Å². The molecule has 0 radical (unpaired) electrons. The van der Waals surface area contributed by atoms with E-state index in [1.54, 1.807) is 6.92 Å². The Morgan fingerprint density at radius 3 is 2.33 bits per heavy atom. The molecule has 0 aliphatic carbocycles. The molecule has 0 saturated carbocycles. The highest BCUT2D eigenvalue weighted by Crippen LogP contribution is 2.26. The Bertz CT molecular complexity index is 406. The third-order valence-electron chi connectivity index (χ3n) is 2.73. The van der Waals surface area contributed by atoms with Gasteiger partial charge >= 0.3 is 5.97 Å². The summed E-state index contributed by atoms with van der Waals surface area (Å²) in [5.41, 5.74) is 3.25. The van der Waals surface area contributed by atoms with Gasteiger partial charge in [0.05, 0.1) is 7.11 Å². The Labute approximate surface area is 108 Å². The van der Waals surface area contributed by atoms with Gasteiger partial charge in [-0.05, 0) is 44.5 Å². The van der Waals surface area contributed by atoms with E-state index >= 15 is 0 Å². The monoisotopic (exact) mass is 251 g/mol. The molecule has 0 amide bonds. The molecular formula is C14H21NO3. The van der Waals surface area contributed by atoms with Gasteiger partial charge in [-0.3, -0.25) is 0 Å². The molecule has 0 fully saturated rings. The standard InChI is InChI=1S/C14H21NO3/c1-9-6-12(8-15-4)7-10(2)13(9)18-11(3)14(16)17-5/h6-7,11,15H,8H2,1-5H3. The summed E-state index contributed by atoms with van der Waals surface area (Å²) in [5, 5.41) is 3.11. The van der Waals surface area contributed by atoms with Crippen LogP contribution in [-0.2, 0) is 16.1 Å². The van der Waals surface area contributed by atoms with Gasteiger partial charge in [0, 0.05) is 6.54 Å². The minimum Gasteiger partial charge on any atom is -0.478 e. The lowest BCUT2D eigenvalue weighted by molar-refractivity contribution is -0.147. The van der Waals surface area contributed by atoms with Crippen LogP contribution in [0.2, 0.25) is 0 Å². The molecule has 100 valence electrons. The van der Waals surface area contributed by atoms with Crippen LogP contribution in [0.3, 0.4) is 0 Å². The van der Waals surface area contributed by atoms with Gasteiger partial charge in [0.1, 0.15) is 5.75 Å². The summed E-state index contributed by atoms with van der Waals surface area (Å²) in [4.78, 5) is 11.4. The van der Waals surface area contributed by atoms with E-state index in [-0.39, 0.29) is 5.97 Å². The maximum atomic E-state index is 11.4. The van der Waals surface area contributed by atoms with Crippen LogP contribution in [0.25, 0.3) is 0 Å². The molecule has 4 heteroatoms. The zero-order valence-corrected chi connectivity index (χ0v) is 11.7. The molecule has 4 nitrogen and oxygen atoms in total. The van der Waals surface area contributed by atoms with Gasteiger partial charge < -0.3 is 14.8 Å². The Hall–Kier alpha value is -1.55. The molecule has 18 heavy (non-hydrogen) atoms. The third kappa shape index (κ3) is 3.47. The second-order valence-corrected chi connectivity index (χ2v) is 4.37. The first-order valence-corrected chi connectivity index (χ1v) is 5.98. The fourth-order valence-corrected chi connectivity index (χ4v) is 1.92. The molecule has 0 spiro atoms. The number of methoxy groups -OCH3 is 1. The molecule has 1 rings (SSSR count). The fourth-order valence-electron chi connectivity index (χ4n) is 1.92. The van der Waals surface area contributed by atoms with E-state index in [1.165, 1.54) is 12.7 Å². The lowest BCUT2D eigenvalue weighted by atomic mass is 10.1. The maximum Gasteiger partial charge on any atom is 0.346 e. The molecule has 1 atom stereocenters. The summed E-state index contributed by atoms with van der Waals surface area (Å²) in [6.07, 6.45) is -0.595. The molecule has 1 unspecified atom stereocenters. The number of carbonyl (C=O) groups excluding carboxylic acids is 1. The summed E-state index contributed by atoms with van der Waals surface area (Å²) in [5.74, 6) is 0.390. The number of carbonyl (C=O) groups is 1. The fraction of sp³-hybridized carbons (Fsp3) is 0.500. The number of aryl methyl sites for hydroxylation is 2. The first-order chi connectivity index (χ1) is 8.49. The third-order valence-corrected chi connectivity index (χ3v) is 2.73. The van der Waals surface area contributed by atoms with Crippen molar-refractivity contribution in [2.45, 2.75) is 33.4 Å². The molecule has 1 aromatic carbocycles. The van der Waals surface area contributed by atoms with Crippen LogP contribution in [0.5, 0.6) is 5.75 Å². The van der Waals surface area contributed by atoms with Gasteiger partial charge in [-0.25, -0.2) is 4.79 Å². The largest absolute Gasteiger partial charge is 0.478 e. The number of ether oxygens (including phenoxy) is 2. The zero-order chi connectivity index (χ0) is 13.7. The highest BCUT2D eigenvalue weighted by molar-refractivity contribution is 5.74. The summed E-state index contributed by atoms with van der Waals surface area (Å²) in [6, 6.07) is 4.12. The van der Waals surface area contributed by atoms with Crippen molar-refractivity contribution in [2.75, 3.05) is 14.2 Å². The minimum absolute atomic E-state index is 0.367. The van der Waals surface area contributed by atoms with Crippen LogP contribution in [0.15, 0.2) is 12.1 Å². The number of benzene rings is 1. The quantitative estimate of drug-likeness (QED) is 0.813. The van der Waals surface area contributed by atoms with E-state index < -0.39 is 6.10 Å². The van der Waals surface area contributed by atoms with E-state index in [4.69, 9.17) is 4.74 Å². The zero-order valence-electron chi connectivity index (χ0n) is 11.7. The summed E-state index contributed by atoms with van der Waals surface area (Å²) < 4.78 is 10.3. The molecule has 0 heterocycles. The number of nitrogens with one attached hydrogen (secondary N) is 1. The lowest BCUT2D eigenvalue weighted by Gasteiger charge is -2.17. The van der Waals surface area contributed by atoms with Crippen molar-refractivity contribution in [3.05, 3.63) is 28.8 Å². The molecule has 0 saturated heterocycles. The average molecular weight is 251 g/mol. The molecular weight excluding hydrogens is 230 g/mol. The first kappa shape index (κ1) is 14.5. The maximum absolute atomic E-state index is 11.4. The highest BCUT2D eigenvalue weighted by Gasteiger charge is 2.17. The number of hydrogen-bond donors (Lipinski definition) is 1. The van der Waals surface area contributed by atoms with Crippen molar-refractivity contribution in [3.8, 4) is 5.75 Å². The molecule has 0 aromatic heterocycles. The Morgan fingerprint density at radius 2 is 1.89 bits per heavy atom. The second kappa shape index (κ2) is 6.40. The van der Waals surface area contributed by atoms with E-state index in [1.807, 2.05) is 20.9 Å². The van der Waals surface area contributed by atoms with E-state index in [2.05, 4.69) is 22.2 Å². The summed E-state index contributed by atoms with van der Waals surface area (Å²) in [7, 11) is 3.27. The number of esters is 1. The molecule has 1 N–H and O–H groups in total. The van der Waals surface area contributed by atoms with E-state index in [0.29, 0.717) is 0 Å². The van der Waals surface area contributed by atoms with Gasteiger partial charge in [-0.1, -0.05) is 12.1 Å². The Kier molecular flexibility index (Phi) is 5.16. The van der Waals surface area contributed by atoms with Gasteiger partial charge in [0.15, 0.2) is 6.10 Å². The molecule has 0 aliphatic rings. The van der Waals surface area contributed by atoms with Crippen molar-refractivity contribution >= 4 is 5.97 Å². The van der Waals surface area contributed by atoms with Crippen LogP contribution in [-0.4, -0.2) is 26.2 Å². The van der Waals surface area contributed by atoms with Crippen molar-refractivity contribution < 1.29 is 14.3 Å². The average Bonchev–Trinajstić information content (AvgIpc) is 2.33.